The number of fused-ring (bicyclic) bond motifs is 5. The van der Waals surface area contributed by atoms with Crippen LogP contribution in [0.15, 0.2) is 11.6 Å². The van der Waals surface area contributed by atoms with E-state index < -0.39 is 5.97 Å². The van der Waals surface area contributed by atoms with Crippen LogP contribution in [-0.4, -0.2) is 40.4 Å². The van der Waals surface area contributed by atoms with Crippen LogP contribution in [0.2, 0.25) is 0 Å². The molecule has 0 heterocycles. The Balaban J connectivity index is 0.00000323. The molecule has 0 radical (unpaired) electrons. The first kappa shape index (κ1) is 40.8. The van der Waals surface area contributed by atoms with Gasteiger partial charge in [-0.15, -0.1) is 0 Å². The van der Waals surface area contributed by atoms with E-state index in [0.29, 0.717) is 24.8 Å². The molecule has 9 heteroatoms. The quantitative estimate of drug-likeness (QED) is 0.0827. The normalized spacial score (nSPS) is 32.7. The van der Waals surface area contributed by atoms with Gasteiger partial charge in [0.2, 0.25) is 0 Å². The number of amides is 1. The Hall–Kier alpha value is -1.24. The SMILES string of the molecule is CC(C)CCC[C@@H](C)[C@H]1CC[C@H]2[C@@H]3CC=C4C[C@@H](OC(=O)NCCCC(=[OH+])CCC(=O)O)CC[C@]4(C)[C@H]3CC[C@]12C.N.N.[Pt]. The average molecular weight is 802 g/mol. The van der Waals surface area contributed by atoms with Crippen LogP contribution in [0.4, 0.5) is 4.79 Å². The molecular formula is C35H64N3O5Pt+. The van der Waals surface area contributed by atoms with E-state index in [9.17, 15) is 14.4 Å². The van der Waals surface area contributed by atoms with Gasteiger partial charge in [0.15, 0.2) is 0 Å². The van der Waals surface area contributed by atoms with Gasteiger partial charge < -0.3 is 27.5 Å². The van der Waals surface area contributed by atoms with Crippen molar-refractivity contribution in [1.82, 2.24) is 17.6 Å². The van der Waals surface area contributed by atoms with Gasteiger partial charge in [0.1, 0.15) is 6.10 Å². The summed E-state index contributed by atoms with van der Waals surface area (Å²) >= 11 is 0. The molecule has 3 saturated carbocycles. The molecule has 1 amide bonds. The van der Waals surface area contributed by atoms with Crippen molar-refractivity contribution in [3.05, 3.63) is 11.6 Å². The maximum atomic E-state index is 12.5. The van der Waals surface area contributed by atoms with E-state index in [1.807, 2.05) is 0 Å². The zero-order valence-electron chi connectivity index (χ0n) is 28.3. The smallest absolute Gasteiger partial charge is 0.407 e. The molecule has 8 atom stereocenters. The molecule has 258 valence electrons. The monoisotopic (exact) mass is 801 g/mol. The number of hydrogen-bond donors (Lipinski definition) is 4. The molecule has 0 unspecified atom stereocenters. The fourth-order valence-electron chi connectivity index (χ4n) is 9.80. The van der Waals surface area contributed by atoms with Gasteiger partial charge in [-0.05, 0) is 97.7 Å². The summed E-state index contributed by atoms with van der Waals surface area (Å²) in [5.41, 5.74) is 2.27. The van der Waals surface area contributed by atoms with E-state index in [-0.39, 0.29) is 69.6 Å². The summed E-state index contributed by atoms with van der Waals surface area (Å²) in [4.78, 5) is 32.9. The van der Waals surface area contributed by atoms with Crippen molar-refractivity contribution in [2.75, 3.05) is 6.54 Å². The van der Waals surface area contributed by atoms with Gasteiger partial charge in [-0.3, -0.25) is 9.59 Å². The Kier molecular flexibility index (Phi) is 16.3. The first-order chi connectivity index (χ1) is 19.4. The maximum absolute atomic E-state index is 12.5. The van der Waals surface area contributed by atoms with Crippen LogP contribution in [0, 0.1) is 46.3 Å². The van der Waals surface area contributed by atoms with E-state index in [1.54, 1.807) is 0 Å². The molecule has 0 aromatic heterocycles. The fourth-order valence-corrected chi connectivity index (χ4v) is 9.80. The van der Waals surface area contributed by atoms with Gasteiger partial charge in [0, 0.05) is 34.0 Å². The predicted molar refractivity (Wildman–Crippen MR) is 174 cm³/mol. The average Bonchev–Trinajstić information content (AvgIpc) is 3.27. The topological polar surface area (TPSA) is 167 Å². The summed E-state index contributed by atoms with van der Waals surface area (Å²) < 4.78 is 5.84. The van der Waals surface area contributed by atoms with Crippen LogP contribution < -0.4 is 17.6 Å². The van der Waals surface area contributed by atoms with Crippen LogP contribution in [0.3, 0.4) is 0 Å². The third kappa shape index (κ3) is 9.41. The number of aliphatic carboxylic acids is 1. The number of allylic oxidation sites excluding steroid dienone is 1. The summed E-state index contributed by atoms with van der Waals surface area (Å²) in [5, 5.41) is 11.5. The fraction of sp³-hybridized carbons (Fsp3) is 0.857. The van der Waals surface area contributed by atoms with Crippen LogP contribution in [-0.2, 0) is 30.6 Å². The summed E-state index contributed by atoms with van der Waals surface area (Å²) in [6.07, 6.45) is 16.9. The number of carbonyl (C=O) groups excluding carboxylic acids is 2. The molecule has 0 aromatic rings. The van der Waals surface area contributed by atoms with Gasteiger partial charge in [0.05, 0.1) is 19.3 Å². The largest absolute Gasteiger partial charge is 0.481 e. The van der Waals surface area contributed by atoms with E-state index in [4.69, 9.17) is 9.84 Å². The molecule has 44 heavy (non-hydrogen) atoms. The molecular weight excluding hydrogens is 737 g/mol. The minimum Gasteiger partial charge on any atom is -0.481 e. The Morgan fingerprint density at radius 1 is 1.00 bits per heavy atom. The number of rotatable bonds is 13. The van der Waals surface area contributed by atoms with Crippen molar-refractivity contribution >= 4 is 17.8 Å². The molecule has 4 rings (SSSR count). The maximum Gasteiger partial charge on any atom is 0.407 e. The Morgan fingerprint density at radius 2 is 1.73 bits per heavy atom. The number of ketones is 1. The van der Waals surface area contributed by atoms with Gasteiger partial charge in [-0.2, -0.15) is 0 Å². The number of carbonyl (C=O) groups is 2. The standard InChI is InChI=1S/C35H57NO5.2H3N.Pt/c1-23(2)8-6-9-24(3)29-14-15-30-28-13-11-25-22-27(17-19-34(25,4)31(28)18-20-35(29,30)5)41-33(40)36-21-7-10-26(37)12-16-32(38)39;;;/h11,23-24,27-31H,6-10,12-22H2,1-5H3,(H,36,40)(H,38,39);2*1H3;/p+1/t24-,27+,28+,29-,30+,31+,34+,35-;;;/m1.../s1. The van der Waals surface area contributed by atoms with Gasteiger partial charge in [-0.25, -0.2) is 4.79 Å². The number of alkyl carbamates (subject to hydrolysis) is 1. The molecule has 4 aliphatic carbocycles. The minimum atomic E-state index is -0.919. The predicted octanol–water partition coefficient (Wildman–Crippen LogP) is 8.63. The minimum absolute atomic E-state index is 0. The van der Waals surface area contributed by atoms with Gasteiger partial charge in [0.25, 0.3) is 5.78 Å². The second-order valence-electron chi connectivity index (χ2n) is 15.1. The molecule has 3 fully saturated rings. The first-order valence-electron chi connectivity index (χ1n) is 16.8. The zero-order chi connectivity index (χ0) is 29.8. The molecule has 4 aliphatic rings. The number of hydrogen-bond acceptors (Lipinski definition) is 5. The zero-order valence-corrected chi connectivity index (χ0v) is 30.6. The van der Waals surface area contributed by atoms with Crippen molar-refractivity contribution in [1.29, 1.82) is 0 Å². The molecule has 0 aromatic carbocycles. The Bertz CT molecular complexity index is 989. The molecule has 9 N–H and O–H groups in total. The van der Waals surface area contributed by atoms with Crippen molar-refractivity contribution in [3.63, 3.8) is 0 Å². The summed E-state index contributed by atoms with van der Waals surface area (Å²) in [5.74, 6) is 4.20. The van der Waals surface area contributed by atoms with E-state index in [2.05, 4.69) is 46.0 Å². The molecule has 0 aliphatic heterocycles. The summed E-state index contributed by atoms with van der Waals surface area (Å²) in [7, 11) is 0. The van der Waals surface area contributed by atoms with Crippen molar-refractivity contribution < 1.29 is 45.3 Å². The summed E-state index contributed by atoms with van der Waals surface area (Å²) in [6, 6.07) is 0. The van der Waals surface area contributed by atoms with Gasteiger partial charge in [-0.1, -0.05) is 65.5 Å². The number of ether oxygens (including phenoxy) is 1. The third-order valence-electron chi connectivity index (χ3n) is 12.1. The Labute approximate surface area is 281 Å². The molecule has 8 nitrogen and oxygen atoms in total. The summed E-state index contributed by atoms with van der Waals surface area (Å²) in [6.45, 7) is 12.8. The van der Waals surface area contributed by atoms with Gasteiger partial charge >= 0.3 is 12.1 Å². The van der Waals surface area contributed by atoms with Crippen LogP contribution in [0.1, 0.15) is 131 Å². The van der Waals surface area contributed by atoms with E-state index in [1.165, 1.54) is 56.9 Å². The van der Waals surface area contributed by atoms with Crippen LogP contribution >= 0.6 is 0 Å². The molecule has 0 saturated heterocycles. The van der Waals surface area contributed by atoms with E-state index in [0.717, 1.165) is 54.8 Å². The molecule has 0 bridgehead atoms. The van der Waals surface area contributed by atoms with Crippen LogP contribution in [0.25, 0.3) is 0 Å². The van der Waals surface area contributed by atoms with Crippen LogP contribution in [0.5, 0.6) is 0 Å². The second kappa shape index (κ2) is 17.6. The van der Waals surface area contributed by atoms with Crippen molar-refractivity contribution in [3.8, 4) is 0 Å². The first-order valence-corrected chi connectivity index (χ1v) is 16.8. The van der Waals surface area contributed by atoms with E-state index >= 15 is 0 Å². The number of carboxylic acid groups (broad SMARTS) is 1. The molecule has 0 spiro atoms. The van der Waals surface area contributed by atoms with Crippen molar-refractivity contribution in [2.45, 2.75) is 137 Å². The number of nitrogens with one attached hydrogen (secondary N) is 1. The second-order valence-corrected chi connectivity index (χ2v) is 15.1. The Morgan fingerprint density at radius 3 is 2.41 bits per heavy atom. The number of carboxylic acids is 1. The third-order valence-corrected chi connectivity index (χ3v) is 12.1. The van der Waals surface area contributed by atoms with Crippen molar-refractivity contribution in [2.24, 2.45) is 46.3 Å².